The number of ether oxygens (including phenoxy) is 3. The quantitative estimate of drug-likeness (QED) is 0.560. The summed E-state index contributed by atoms with van der Waals surface area (Å²) in [6, 6.07) is 12.3. The molecule has 26 heavy (non-hydrogen) atoms. The lowest BCUT2D eigenvalue weighted by atomic mass is 10.2. The highest BCUT2D eigenvalue weighted by Gasteiger charge is 2.16. The summed E-state index contributed by atoms with van der Waals surface area (Å²) >= 11 is 9.27. The van der Waals surface area contributed by atoms with E-state index in [1.54, 1.807) is 49.4 Å². The number of carbonyl (C=O) groups excluding carboxylic acids is 1. The van der Waals surface area contributed by atoms with Gasteiger partial charge in [-0.25, -0.2) is 0 Å². The summed E-state index contributed by atoms with van der Waals surface area (Å²) in [6.45, 7) is 5.32. The number of rotatable bonds is 9. The molecule has 0 radical (unpaired) electrons. The van der Waals surface area contributed by atoms with E-state index in [-0.39, 0.29) is 5.91 Å². The van der Waals surface area contributed by atoms with Crippen LogP contribution in [0.25, 0.3) is 0 Å². The first-order valence-corrected chi connectivity index (χ1v) is 9.40. The number of hydrogen-bond acceptors (Lipinski definition) is 4. The van der Waals surface area contributed by atoms with Crippen molar-refractivity contribution in [2.75, 3.05) is 25.1 Å². The smallest absolute Gasteiger partial charge is 0.265 e. The Bertz CT molecular complexity index is 724. The molecule has 5 nitrogen and oxygen atoms in total. The van der Waals surface area contributed by atoms with Gasteiger partial charge in [0, 0.05) is 17.3 Å². The van der Waals surface area contributed by atoms with E-state index in [1.165, 1.54) is 0 Å². The van der Waals surface area contributed by atoms with Crippen LogP contribution in [-0.2, 0) is 9.53 Å². The van der Waals surface area contributed by atoms with Crippen LogP contribution in [0.1, 0.15) is 13.8 Å². The highest BCUT2D eigenvalue weighted by atomic mass is 79.9. The largest absolute Gasteiger partial charge is 0.491 e. The third-order valence-electron chi connectivity index (χ3n) is 3.39. The van der Waals surface area contributed by atoms with E-state index in [1.807, 2.05) is 6.92 Å². The third-order valence-corrected chi connectivity index (χ3v) is 4.24. The van der Waals surface area contributed by atoms with Gasteiger partial charge >= 0.3 is 0 Å². The first-order valence-electron chi connectivity index (χ1n) is 8.22. The van der Waals surface area contributed by atoms with Crippen LogP contribution in [-0.4, -0.2) is 31.8 Å². The molecule has 1 N–H and O–H groups in total. The molecule has 0 bridgehead atoms. The maximum atomic E-state index is 12.3. The molecule has 140 valence electrons. The van der Waals surface area contributed by atoms with Gasteiger partial charge < -0.3 is 19.5 Å². The van der Waals surface area contributed by atoms with Gasteiger partial charge in [0.15, 0.2) is 6.10 Å². The molecule has 0 heterocycles. The Hall–Kier alpha value is -1.76. The van der Waals surface area contributed by atoms with Gasteiger partial charge in [0.1, 0.15) is 18.1 Å². The van der Waals surface area contributed by atoms with Gasteiger partial charge in [-0.15, -0.1) is 0 Å². The van der Waals surface area contributed by atoms with Crippen molar-refractivity contribution in [3.63, 3.8) is 0 Å². The lowest BCUT2D eigenvalue weighted by Crippen LogP contribution is -2.30. The number of amides is 1. The van der Waals surface area contributed by atoms with Crippen molar-refractivity contribution in [3.8, 4) is 11.5 Å². The van der Waals surface area contributed by atoms with Crippen molar-refractivity contribution in [3.05, 3.63) is 52.0 Å². The molecule has 2 rings (SSSR count). The van der Waals surface area contributed by atoms with Crippen molar-refractivity contribution >= 4 is 39.1 Å². The zero-order chi connectivity index (χ0) is 18.9. The molecule has 1 unspecified atom stereocenters. The van der Waals surface area contributed by atoms with Gasteiger partial charge in [0.05, 0.1) is 11.1 Å². The molecule has 7 heteroatoms. The predicted molar refractivity (Wildman–Crippen MR) is 106 cm³/mol. The van der Waals surface area contributed by atoms with Gasteiger partial charge in [-0.3, -0.25) is 4.79 Å². The van der Waals surface area contributed by atoms with E-state index < -0.39 is 6.10 Å². The van der Waals surface area contributed by atoms with Crippen LogP contribution in [0.3, 0.4) is 0 Å². The van der Waals surface area contributed by atoms with Crippen LogP contribution in [0, 0.1) is 0 Å². The molecule has 0 spiro atoms. The minimum Gasteiger partial charge on any atom is -0.491 e. The Morgan fingerprint density at radius 3 is 2.58 bits per heavy atom. The van der Waals surface area contributed by atoms with Crippen molar-refractivity contribution < 1.29 is 19.0 Å². The fourth-order valence-electron chi connectivity index (χ4n) is 2.06. The molecule has 0 aliphatic carbocycles. The van der Waals surface area contributed by atoms with Crippen LogP contribution in [0.5, 0.6) is 11.5 Å². The minimum absolute atomic E-state index is 0.253. The molecule has 0 aromatic heterocycles. The molecule has 0 aliphatic rings. The maximum absolute atomic E-state index is 12.3. The molecule has 0 fully saturated rings. The molecule has 1 amide bonds. The van der Waals surface area contributed by atoms with Gasteiger partial charge in [0.25, 0.3) is 5.91 Å². The first-order chi connectivity index (χ1) is 12.5. The van der Waals surface area contributed by atoms with Crippen LogP contribution in [0.2, 0.25) is 5.02 Å². The van der Waals surface area contributed by atoms with E-state index in [4.69, 9.17) is 25.8 Å². The summed E-state index contributed by atoms with van der Waals surface area (Å²) in [7, 11) is 0. The van der Waals surface area contributed by atoms with Gasteiger partial charge in [0.2, 0.25) is 0 Å². The highest BCUT2D eigenvalue weighted by Crippen LogP contribution is 2.29. The average Bonchev–Trinajstić information content (AvgIpc) is 2.62. The maximum Gasteiger partial charge on any atom is 0.265 e. The lowest BCUT2D eigenvalue weighted by molar-refractivity contribution is -0.122. The number of nitrogens with one attached hydrogen (secondary N) is 1. The summed E-state index contributed by atoms with van der Waals surface area (Å²) in [5.41, 5.74) is 0.665. The third kappa shape index (κ3) is 6.52. The monoisotopic (exact) mass is 441 g/mol. The summed E-state index contributed by atoms with van der Waals surface area (Å²) < 4.78 is 17.1. The van der Waals surface area contributed by atoms with Gasteiger partial charge in [-0.05, 0) is 72.2 Å². The Morgan fingerprint density at radius 1 is 1.19 bits per heavy atom. The van der Waals surface area contributed by atoms with E-state index >= 15 is 0 Å². The second-order valence-electron chi connectivity index (χ2n) is 5.39. The Balaban J connectivity index is 1.86. The summed E-state index contributed by atoms with van der Waals surface area (Å²) in [5.74, 6) is 1.02. The molecule has 2 aromatic rings. The van der Waals surface area contributed by atoms with Crippen molar-refractivity contribution in [1.82, 2.24) is 0 Å². The van der Waals surface area contributed by atoms with E-state index in [2.05, 4.69) is 21.2 Å². The summed E-state index contributed by atoms with van der Waals surface area (Å²) in [5, 5.41) is 3.40. The molecule has 0 saturated carbocycles. The van der Waals surface area contributed by atoms with Crippen molar-refractivity contribution in [1.29, 1.82) is 0 Å². The standard InChI is InChI=1S/C19H21BrClNO4/c1-3-24-10-11-25-16-7-5-15(6-8-16)22-19(23)13(2)26-18-9-4-14(21)12-17(18)20/h4-9,12-13H,3,10-11H2,1-2H3,(H,22,23). The van der Waals surface area contributed by atoms with E-state index in [0.29, 0.717) is 40.8 Å². The lowest BCUT2D eigenvalue weighted by Gasteiger charge is -2.16. The van der Waals surface area contributed by atoms with E-state index in [0.717, 1.165) is 5.75 Å². The van der Waals surface area contributed by atoms with Crippen molar-refractivity contribution in [2.45, 2.75) is 20.0 Å². The first kappa shape index (κ1) is 20.6. The number of hydrogen-bond donors (Lipinski definition) is 1. The Kier molecular flexibility index (Phi) is 8.22. The zero-order valence-corrected chi connectivity index (χ0v) is 17.0. The number of halogens is 2. The molecule has 2 aromatic carbocycles. The van der Waals surface area contributed by atoms with Crippen LogP contribution in [0.15, 0.2) is 46.9 Å². The number of carbonyl (C=O) groups is 1. The Labute approximate surface area is 166 Å². The van der Waals surface area contributed by atoms with Crippen LogP contribution < -0.4 is 14.8 Å². The molecule has 0 saturated heterocycles. The molecule has 1 atom stereocenters. The average molecular weight is 443 g/mol. The second kappa shape index (κ2) is 10.4. The van der Waals surface area contributed by atoms with Crippen molar-refractivity contribution in [2.24, 2.45) is 0 Å². The molecule has 0 aliphatic heterocycles. The summed E-state index contributed by atoms with van der Waals surface area (Å²) in [4.78, 5) is 12.3. The van der Waals surface area contributed by atoms with Gasteiger partial charge in [-0.1, -0.05) is 11.6 Å². The number of anilines is 1. The normalized spacial score (nSPS) is 11.7. The molecular formula is C19H21BrClNO4. The minimum atomic E-state index is -0.672. The fourth-order valence-corrected chi connectivity index (χ4v) is 2.83. The fraction of sp³-hybridized carbons (Fsp3) is 0.316. The van der Waals surface area contributed by atoms with Crippen LogP contribution >= 0.6 is 27.5 Å². The highest BCUT2D eigenvalue weighted by molar-refractivity contribution is 9.10. The summed E-state index contributed by atoms with van der Waals surface area (Å²) in [6.07, 6.45) is -0.672. The zero-order valence-electron chi connectivity index (χ0n) is 14.6. The SMILES string of the molecule is CCOCCOc1ccc(NC(=O)C(C)Oc2ccc(Cl)cc2Br)cc1. The van der Waals surface area contributed by atoms with E-state index in [9.17, 15) is 4.79 Å². The second-order valence-corrected chi connectivity index (χ2v) is 6.68. The molecular weight excluding hydrogens is 422 g/mol. The number of benzene rings is 2. The van der Waals surface area contributed by atoms with Gasteiger partial charge in [-0.2, -0.15) is 0 Å². The predicted octanol–water partition coefficient (Wildman–Crippen LogP) is 4.92. The topological polar surface area (TPSA) is 56.8 Å². The Morgan fingerprint density at radius 2 is 1.92 bits per heavy atom. The van der Waals surface area contributed by atoms with Crippen LogP contribution in [0.4, 0.5) is 5.69 Å².